The largest absolute Gasteiger partial charge is 0.373 e. The summed E-state index contributed by atoms with van der Waals surface area (Å²) >= 11 is 0. The summed E-state index contributed by atoms with van der Waals surface area (Å²) in [5.41, 5.74) is 1.12. The third kappa shape index (κ3) is 3.25. The van der Waals surface area contributed by atoms with Gasteiger partial charge in [0.15, 0.2) is 0 Å². The highest BCUT2D eigenvalue weighted by atomic mass is 16.5. The molecule has 1 aromatic rings. The van der Waals surface area contributed by atoms with Crippen molar-refractivity contribution in [1.29, 1.82) is 0 Å². The summed E-state index contributed by atoms with van der Waals surface area (Å²) in [4.78, 5) is 21.7. The van der Waals surface area contributed by atoms with Crippen LogP contribution in [0.2, 0.25) is 0 Å². The summed E-state index contributed by atoms with van der Waals surface area (Å²) in [7, 11) is 0. The van der Waals surface area contributed by atoms with E-state index >= 15 is 0 Å². The molecule has 0 radical (unpaired) electrons. The molecule has 6 nitrogen and oxygen atoms in total. The van der Waals surface area contributed by atoms with Crippen molar-refractivity contribution in [2.45, 2.75) is 31.8 Å². The van der Waals surface area contributed by atoms with Crippen molar-refractivity contribution in [1.82, 2.24) is 14.9 Å². The molecule has 1 unspecified atom stereocenters. The molecule has 1 aliphatic carbocycles. The highest BCUT2D eigenvalue weighted by molar-refractivity contribution is 5.73. The van der Waals surface area contributed by atoms with Crippen molar-refractivity contribution in [3.63, 3.8) is 0 Å². The summed E-state index contributed by atoms with van der Waals surface area (Å²) < 4.78 is 5.67. The lowest BCUT2D eigenvalue weighted by molar-refractivity contribution is -0.135. The van der Waals surface area contributed by atoms with Crippen LogP contribution in [0.3, 0.4) is 0 Å². The summed E-state index contributed by atoms with van der Waals surface area (Å²) in [5, 5.41) is 3.28. The summed E-state index contributed by atoms with van der Waals surface area (Å²) in [5.74, 6) is 1.57. The van der Waals surface area contributed by atoms with Crippen LogP contribution < -0.4 is 5.32 Å². The number of carbonyl (C=O) groups is 1. The summed E-state index contributed by atoms with van der Waals surface area (Å²) in [6, 6.07) is 2.02. The number of rotatable bonds is 4. The molecule has 2 fully saturated rings. The Morgan fingerprint density at radius 2 is 2.35 bits per heavy atom. The van der Waals surface area contributed by atoms with Crippen LogP contribution in [0.5, 0.6) is 0 Å². The van der Waals surface area contributed by atoms with E-state index in [1.165, 1.54) is 12.8 Å². The maximum Gasteiger partial charge on any atom is 0.219 e. The van der Waals surface area contributed by atoms with Gasteiger partial charge >= 0.3 is 0 Å². The molecular weight excluding hydrogens is 256 g/mol. The molecule has 1 aromatic heterocycles. The molecular formula is C14H20N4O2. The van der Waals surface area contributed by atoms with Gasteiger partial charge in [-0.1, -0.05) is 0 Å². The average molecular weight is 276 g/mol. The highest BCUT2D eigenvalue weighted by Crippen LogP contribution is 2.39. The molecule has 1 atom stereocenters. The third-order valence-electron chi connectivity index (χ3n) is 3.78. The number of hydrogen-bond donors (Lipinski definition) is 1. The minimum atomic E-state index is 0.0204. The number of carbonyl (C=O) groups excluding carboxylic acids is 1. The maximum absolute atomic E-state index is 11.4. The van der Waals surface area contributed by atoms with Crippen molar-refractivity contribution in [3.05, 3.63) is 18.1 Å². The number of nitrogens with zero attached hydrogens (tertiary/aromatic N) is 3. The summed E-state index contributed by atoms with van der Waals surface area (Å²) in [6.07, 6.45) is 4.09. The first-order valence-electron chi connectivity index (χ1n) is 7.15. The second-order valence-corrected chi connectivity index (χ2v) is 5.44. The van der Waals surface area contributed by atoms with Gasteiger partial charge in [0.2, 0.25) is 5.91 Å². The van der Waals surface area contributed by atoms with Crippen LogP contribution >= 0.6 is 0 Å². The molecule has 1 amide bonds. The first-order valence-corrected chi connectivity index (χ1v) is 7.15. The first-order chi connectivity index (χ1) is 9.72. The van der Waals surface area contributed by atoms with Crippen LogP contribution in [0.1, 0.15) is 31.4 Å². The van der Waals surface area contributed by atoms with Gasteiger partial charge in [-0.15, -0.1) is 0 Å². The zero-order valence-electron chi connectivity index (χ0n) is 11.7. The normalized spacial score (nSPS) is 22.6. The molecule has 0 bridgehead atoms. The molecule has 0 spiro atoms. The van der Waals surface area contributed by atoms with E-state index in [9.17, 15) is 4.79 Å². The number of hydrogen-bond acceptors (Lipinski definition) is 5. The van der Waals surface area contributed by atoms with Gasteiger partial charge in [0, 0.05) is 44.2 Å². The molecule has 0 aromatic carbocycles. The minimum Gasteiger partial charge on any atom is -0.373 e. The van der Waals surface area contributed by atoms with E-state index in [2.05, 4.69) is 15.3 Å². The molecule has 3 rings (SSSR count). The Kier molecular flexibility index (Phi) is 3.82. The summed E-state index contributed by atoms with van der Waals surface area (Å²) in [6.45, 7) is 4.18. The van der Waals surface area contributed by atoms with Crippen molar-refractivity contribution >= 4 is 11.7 Å². The standard InChI is InChI=1S/C14H20N4O2/c1-10(19)18-4-5-20-12(8-18)7-15-14-6-13(11-2-3-11)16-9-17-14/h6,9,11-12H,2-5,7-8H2,1H3,(H,15,16,17). The minimum absolute atomic E-state index is 0.0204. The second-order valence-electron chi connectivity index (χ2n) is 5.44. The van der Waals surface area contributed by atoms with E-state index in [0.717, 1.165) is 11.5 Å². The van der Waals surface area contributed by atoms with Crippen LogP contribution in [0.4, 0.5) is 5.82 Å². The zero-order valence-corrected chi connectivity index (χ0v) is 11.7. The van der Waals surface area contributed by atoms with Gasteiger partial charge in [0.1, 0.15) is 12.1 Å². The lowest BCUT2D eigenvalue weighted by Crippen LogP contribution is -2.47. The first kappa shape index (κ1) is 13.3. The molecule has 2 aliphatic rings. The van der Waals surface area contributed by atoms with Crippen LogP contribution in [0.15, 0.2) is 12.4 Å². The van der Waals surface area contributed by atoms with Crippen molar-refractivity contribution in [2.75, 3.05) is 31.6 Å². The quantitative estimate of drug-likeness (QED) is 0.889. The lowest BCUT2D eigenvalue weighted by atomic mass is 10.2. The second kappa shape index (κ2) is 5.75. The maximum atomic E-state index is 11.4. The van der Waals surface area contributed by atoms with E-state index in [4.69, 9.17) is 4.74 Å². The molecule has 2 heterocycles. The monoisotopic (exact) mass is 276 g/mol. The molecule has 108 valence electrons. The Balaban J connectivity index is 1.53. The lowest BCUT2D eigenvalue weighted by Gasteiger charge is -2.32. The Labute approximate surface area is 118 Å². The Morgan fingerprint density at radius 1 is 1.50 bits per heavy atom. The van der Waals surface area contributed by atoms with E-state index in [0.29, 0.717) is 32.2 Å². The van der Waals surface area contributed by atoms with Gasteiger partial charge in [0.05, 0.1) is 12.7 Å². The predicted octanol–water partition coefficient (Wildman–Crippen LogP) is 1.01. The fraction of sp³-hybridized carbons (Fsp3) is 0.643. The van der Waals surface area contributed by atoms with Crippen LogP contribution in [0.25, 0.3) is 0 Å². The van der Waals surface area contributed by atoms with E-state index in [-0.39, 0.29) is 12.0 Å². The van der Waals surface area contributed by atoms with E-state index in [1.54, 1.807) is 13.3 Å². The topological polar surface area (TPSA) is 67.3 Å². The Hall–Kier alpha value is -1.69. The Morgan fingerprint density at radius 3 is 3.10 bits per heavy atom. The van der Waals surface area contributed by atoms with Crippen LogP contribution in [-0.2, 0) is 9.53 Å². The molecule has 1 aliphatic heterocycles. The van der Waals surface area contributed by atoms with Gasteiger partial charge in [-0.2, -0.15) is 0 Å². The van der Waals surface area contributed by atoms with Crippen molar-refractivity contribution in [3.8, 4) is 0 Å². The Bertz CT molecular complexity index is 490. The van der Waals surface area contributed by atoms with Crippen LogP contribution in [0, 0.1) is 0 Å². The van der Waals surface area contributed by atoms with Gasteiger partial charge in [0.25, 0.3) is 0 Å². The van der Waals surface area contributed by atoms with Gasteiger partial charge < -0.3 is 15.0 Å². The smallest absolute Gasteiger partial charge is 0.219 e. The average Bonchev–Trinajstić information content (AvgIpc) is 3.30. The predicted molar refractivity (Wildman–Crippen MR) is 74.5 cm³/mol. The number of ether oxygens (including phenoxy) is 1. The van der Waals surface area contributed by atoms with Gasteiger partial charge in [-0.3, -0.25) is 4.79 Å². The number of nitrogens with one attached hydrogen (secondary N) is 1. The third-order valence-corrected chi connectivity index (χ3v) is 3.78. The molecule has 1 N–H and O–H groups in total. The zero-order chi connectivity index (χ0) is 13.9. The number of amides is 1. The van der Waals surface area contributed by atoms with Gasteiger partial charge in [-0.25, -0.2) is 9.97 Å². The van der Waals surface area contributed by atoms with Crippen molar-refractivity contribution in [2.24, 2.45) is 0 Å². The molecule has 20 heavy (non-hydrogen) atoms. The highest BCUT2D eigenvalue weighted by Gasteiger charge is 2.25. The number of aromatic nitrogens is 2. The number of morpholine rings is 1. The van der Waals surface area contributed by atoms with E-state index < -0.39 is 0 Å². The van der Waals surface area contributed by atoms with E-state index in [1.807, 2.05) is 11.0 Å². The van der Waals surface area contributed by atoms with Crippen LogP contribution in [-0.4, -0.2) is 53.1 Å². The SMILES string of the molecule is CC(=O)N1CCOC(CNc2cc(C3CC3)ncn2)C1. The molecule has 1 saturated heterocycles. The fourth-order valence-electron chi connectivity index (χ4n) is 2.42. The van der Waals surface area contributed by atoms with Gasteiger partial charge in [-0.05, 0) is 12.8 Å². The number of anilines is 1. The molecule has 1 saturated carbocycles. The fourth-order valence-corrected chi connectivity index (χ4v) is 2.42. The van der Waals surface area contributed by atoms with Crippen molar-refractivity contribution < 1.29 is 9.53 Å². The molecule has 6 heteroatoms.